The Kier molecular flexibility index (Phi) is 6.15. The highest BCUT2D eigenvalue weighted by Crippen LogP contribution is 2.39. The number of methoxy groups -OCH3 is 1. The third-order valence-electron chi connectivity index (χ3n) is 3.28. The minimum absolute atomic E-state index is 0.128. The van der Waals surface area contributed by atoms with Crippen LogP contribution in [-0.4, -0.2) is 28.4 Å². The van der Waals surface area contributed by atoms with E-state index in [1.807, 2.05) is 0 Å². The summed E-state index contributed by atoms with van der Waals surface area (Å²) in [6, 6.07) is 1.38. The first-order valence-corrected chi connectivity index (χ1v) is 6.88. The monoisotopic (exact) mass is 282 g/mol. The molecule has 0 aromatic heterocycles. The molecule has 0 aliphatic carbocycles. The van der Waals surface area contributed by atoms with E-state index in [1.165, 1.54) is 19.6 Å². The number of unbranched alkanes of at least 4 members (excludes halogenated alkanes) is 4. The number of hydrogen-bond acceptors (Lipinski definition) is 4. The van der Waals surface area contributed by atoms with Crippen molar-refractivity contribution >= 4 is 5.97 Å². The molecular weight excluding hydrogens is 260 g/mol. The Balaban J connectivity index is 2.92. The number of benzene rings is 1. The molecule has 0 aliphatic rings. The summed E-state index contributed by atoms with van der Waals surface area (Å²) in [5.41, 5.74) is 0.229. The van der Waals surface area contributed by atoms with Gasteiger partial charge in [0.15, 0.2) is 11.5 Å². The summed E-state index contributed by atoms with van der Waals surface area (Å²) < 4.78 is 5.10. The van der Waals surface area contributed by atoms with Crippen molar-refractivity contribution in [1.82, 2.24) is 0 Å². The van der Waals surface area contributed by atoms with Gasteiger partial charge in [-0.3, -0.25) is 0 Å². The molecule has 0 saturated carbocycles. The molecule has 20 heavy (non-hydrogen) atoms. The molecule has 5 nitrogen and oxygen atoms in total. The van der Waals surface area contributed by atoms with Crippen molar-refractivity contribution in [3.63, 3.8) is 0 Å². The van der Waals surface area contributed by atoms with E-state index in [9.17, 15) is 15.0 Å². The van der Waals surface area contributed by atoms with Crippen LogP contribution in [0.5, 0.6) is 17.2 Å². The molecule has 1 aromatic carbocycles. The molecule has 0 heterocycles. The van der Waals surface area contributed by atoms with Gasteiger partial charge in [0.2, 0.25) is 0 Å². The van der Waals surface area contributed by atoms with Crippen molar-refractivity contribution in [1.29, 1.82) is 0 Å². The fourth-order valence-electron chi connectivity index (χ4n) is 2.23. The van der Waals surface area contributed by atoms with Gasteiger partial charge in [0.25, 0.3) is 0 Å². The van der Waals surface area contributed by atoms with Gasteiger partial charge in [-0.2, -0.15) is 0 Å². The number of phenolic OH excluding ortho intramolecular Hbond substituents is 1. The maximum Gasteiger partial charge on any atom is 0.343 e. The Hall–Kier alpha value is -1.91. The molecule has 0 amide bonds. The van der Waals surface area contributed by atoms with Crippen LogP contribution in [0, 0.1) is 0 Å². The zero-order valence-corrected chi connectivity index (χ0v) is 12.0. The van der Waals surface area contributed by atoms with Crippen LogP contribution >= 0.6 is 0 Å². The lowest BCUT2D eigenvalue weighted by Crippen LogP contribution is -2.04. The molecule has 3 N–H and O–H groups in total. The van der Waals surface area contributed by atoms with Gasteiger partial charge < -0.3 is 20.1 Å². The van der Waals surface area contributed by atoms with Gasteiger partial charge >= 0.3 is 5.97 Å². The fraction of sp³-hybridized carbons (Fsp3) is 0.533. The quantitative estimate of drug-likeness (QED) is 0.503. The Labute approximate surface area is 118 Å². The van der Waals surface area contributed by atoms with Crippen molar-refractivity contribution in [2.75, 3.05) is 7.11 Å². The number of hydrogen-bond donors (Lipinski definition) is 3. The zero-order chi connectivity index (χ0) is 15.1. The first kappa shape index (κ1) is 16.1. The highest BCUT2D eigenvalue weighted by atomic mass is 16.5. The average molecular weight is 282 g/mol. The fourth-order valence-corrected chi connectivity index (χ4v) is 2.23. The summed E-state index contributed by atoms with van der Waals surface area (Å²) in [7, 11) is 1.36. The zero-order valence-electron chi connectivity index (χ0n) is 12.0. The van der Waals surface area contributed by atoms with E-state index in [0.29, 0.717) is 12.0 Å². The summed E-state index contributed by atoms with van der Waals surface area (Å²) in [6.45, 7) is 2.14. The largest absolute Gasteiger partial charge is 0.504 e. The number of aromatic hydroxyl groups is 2. The maximum absolute atomic E-state index is 11.2. The topological polar surface area (TPSA) is 87.0 Å². The van der Waals surface area contributed by atoms with Crippen molar-refractivity contribution < 1.29 is 24.9 Å². The average Bonchev–Trinajstić information content (AvgIpc) is 2.41. The third-order valence-corrected chi connectivity index (χ3v) is 3.28. The van der Waals surface area contributed by atoms with Crippen molar-refractivity contribution in [2.45, 2.75) is 45.4 Å². The number of rotatable bonds is 8. The van der Waals surface area contributed by atoms with E-state index in [-0.39, 0.29) is 11.3 Å². The summed E-state index contributed by atoms with van der Waals surface area (Å²) in [6.07, 6.45) is 6.02. The van der Waals surface area contributed by atoms with E-state index < -0.39 is 17.5 Å². The molecule has 0 radical (unpaired) electrons. The van der Waals surface area contributed by atoms with Crippen LogP contribution in [0.3, 0.4) is 0 Å². The van der Waals surface area contributed by atoms with E-state index >= 15 is 0 Å². The number of phenols is 2. The van der Waals surface area contributed by atoms with Crippen LogP contribution in [0.15, 0.2) is 6.07 Å². The number of aryl methyl sites for hydroxylation is 1. The molecular formula is C15H22O5. The third kappa shape index (κ3) is 3.79. The Morgan fingerprint density at radius 2 is 1.85 bits per heavy atom. The van der Waals surface area contributed by atoms with Crippen LogP contribution in [0.4, 0.5) is 0 Å². The van der Waals surface area contributed by atoms with Crippen LogP contribution < -0.4 is 4.74 Å². The minimum atomic E-state index is -1.32. The second kappa shape index (κ2) is 7.62. The standard InChI is InChI=1S/C15H22O5/c1-3-4-5-6-7-8-10-9-11(16)13(17)12(15(18)19)14(10)20-2/h9,16-17H,3-8H2,1-2H3,(H,18,19). The number of carbonyl (C=O) groups is 1. The Morgan fingerprint density at radius 1 is 1.20 bits per heavy atom. The van der Waals surface area contributed by atoms with Crippen LogP contribution in [-0.2, 0) is 6.42 Å². The van der Waals surface area contributed by atoms with Gasteiger partial charge in [0, 0.05) is 0 Å². The molecule has 112 valence electrons. The van der Waals surface area contributed by atoms with Crippen molar-refractivity contribution in [3.05, 3.63) is 17.2 Å². The molecule has 0 aliphatic heterocycles. The summed E-state index contributed by atoms with van der Waals surface area (Å²) in [5, 5.41) is 28.4. The lowest BCUT2D eigenvalue weighted by molar-refractivity contribution is 0.0689. The summed E-state index contributed by atoms with van der Waals surface area (Å²) >= 11 is 0. The van der Waals surface area contributed by atoms with Gasteiger partial charge in [0.1, 0.15) is 11.3 Å². The second-order valence-corrected chi connectivity index (χ2v) is 4.78. The SMILES string of the molecule is CCCCCCCc1cc(O)c(O)c(C(=O)O)c1OC. The molecule has 0 atom stereocenters. The molecule has 0 saturated heterocycles. The number of aromatic carboxylic acids is 1. The van der Waals surface area contributed by atoms with Gasteiger partial charge in [-0.15, -0.1) is 0 Å². The molecule has 0 spiro atoms. The lowest BCUT2D eigenvalue weighted by Gasteiger charge is -2.14. The smallest absolute Gasteiger partial charge is 0.343 e. The molecule has 1 aromatic rings. The van der Waals surface area contributed by atoms with Gasteiger partial charge in [-0.1, -0.05) is 32.6 Å². The second-order valence-electron chi connectivity index (χ2n) is 4.78. The van der Waals surface area contributed by atoms with Crippen molar-refractivity contribution in [3.8, 4) is 17.2 Å². The molecule has 0 unspecified atom stereocenters. The maximum atomic E-state index is 11.2. The Morgan fingerprint density at radius 3 is 2.40 bits per heavy atom. The predicted octanol–water partition coefficient (Wildman–Crippen LogP) is 3.32. The summed E-state index contributed by atoms with van der Waals surface area (Å²) in [4.78, 5) is 11.2. The highest BCUT2D eigenvalue weighted by Gasteiger charge is 2.23. The van der Waals surface area contributed by atoms with E-state index in [1.54, 1.807) is 0 Å². The van der Waals surface area contributed by atoms with E-state index in [2.05, 4.69) is 6.92 Å². The number of carboxylic acid groups (broad SMARTS) is 1. The van der Waals surface area contributed by atoms with Crippen LogP contribution in [0.2, 0.25) is 0 Å². The van der Waals surface area contributed by atoms with Gasteiger partial charge in [-0.25, -0.2) is 4.79 Å². The molecule has 0 bridgehead atoms. The molecule has 0 fully saturated rings. The first-order chi connectivity index (χ1) is 9.52. The van der Waals surface area contributed by atoms with Crippen LogP contribution in [0.1, 0.15) is 54.9 Å². The lowest BCUT2D eigenvalue weighted by atomic mass is 10.0. The molecule has 5 heteroatoms. The van der Waals surface area contributed by atoms with Gasteiger partial charge in [0.05, 0.1) is 7.11 Å². The van der Waals surface area contributed by atoms with Crippen molar-refractivity contribution in [2.24, 2.45) is 0 Å². The molecule has 1 rings (SSSR count). The Bertz CT molecular complexity index is 468. The van der Waals surface area contributed by atoms with Gasteiger partial charge in [-0.05, 0) is 24.5 Å². The number of ether oxygens (including phenoxy) is 1. The van der Waals surface area contributed by atoms with E-state index in [4.69, 9.17) is 9.84 Å². The number of carboxylic acids is 1. The van der Waals surface area contributed by atoms with Crippen LogP contribution in [0.25, 0.3) is 0 Å². The summed E-state index contributed by atoms with van der Waals surface area (Å²) in [5.74, 6) is -2.26. The van der Waals surface area contributed by atoms with E-state index in [0.717, 1.165) is 25.7 Å². The first-order valence-electron chi connectivity index (χ1n) is 6.88. The minimum Gasteiger partial charge on any atom is -0.504 e. The highest BCUT2D eigenvalue weighted by molar-refractivity contribution is 5.95. The predicted molar refractivity (Wildman–Crippen MR) is 75.7 cm³/mol. The normalized spacial score (nSPS) is 10.5.